The molecule has 1 heterocycles. The van der Waals surface area contributed by atoms with Crippen LogP contribution in [0.15, 0.2) is 12.3 Å². The smallest absolute Gasteiger partial charge is 0.183 e. The van der Waals surface area contributed by atoms with Crippen LogP contribution in [0.5, 0.6) is 0 Å². The van der Waals surface area contributed by atoms with Crippen LogP contribution in [0, 0.1) is 0 Å². The van der Waals surface area contributed by atoms with Gasteiger partial charge in [-0.15, -0.1) is 11.6 Å². The Morgan fingerprint density at radius 2 is 2.50 bits per heavy atom. The van der Waals surface area contributed by atoms with Crippen LogP contribution in [0.4, 0.5) is 0 Å². The molecule has 3 nitrogen and oxygen atoms in total. The van der Waals surface area contributed by atoms with Crippen LogP contribution in [0.1, 0.15) is 23.3 Å². The van der Waals surface area contributed by atoms with Gasteiger partial charge >= 0.3 is 0 Å². The molecule has 4 heteroatoms. The molecule has 0 saturated carbocycles. The van der Waals surface area contributed by atoms with Gasteiger partial charge in [0.25, 0.3) is 0 Å². The molecular formula is C8H11ClN2O. The van der Waals surface area contributed by atoms with Crippen molar-refractivity contribution < 1.29 is 4.79 Å². The first-order valence-corrected chi connectivity index (χ1v) is 4.36. The molecule has 12 heavy (non-hydrogen) atoms. The Labute approximate surface area is 76.3 Å². The molecule has 0 saturated heterocycles. The third-order valence-electron chi connectivity index (χ3n) is 1.54. The first kappa shape index (κ1) is 9.26. The van der Waals surface area contributed by atoms with E-state index < -0.39 is 0 Å². The summed E-state index contributed by atoms with van der Waals surface area (Å²) in [6.07, 6.45) is 2.96. The Morgan fingerprint density at radius 3 is 3.00 bits per heavy atom. The number of alkyl halides is 1. The molecule has 0 spiro atoms. The number of aromatic nitrogens is 2. The molecule has 1 rings (SSSR count). The molecule has 66 valence electrons. The largest absolute Gasteiger partial charge is 0.292 e. The van der Waals surface area contributed by atoms with Crippen LogP contribution >= 0.6 is 11.6 Å². The molecule has 0 aliphatic heterocycles. The Hall–Kier alpha value is -0.830. The third kappa shape index (κ3) is 2.34. The molecule has 1 aromatic rings. The SMILES string of the molecule is Cn1ccc(C(=O)CCCCl)n1. The lowest BCUT2D eigenvalue weighted by Gasteiger charge is -1.92. The second kappa shape index (κ2) is 4.26. The van der Waals surface area contributed by atoms with Crippen molar-refractivity contribution in [2.75, 3.05) is 5.88 Å². The molecular weight excluding hydrogens is 176 g/mol. The van der Waals surface area contributed by atoms with Gasteiger partial charge in [-0.3, -0.25) is 9.48 Å². The summed E-state index contributed by atoms with van der Waals surface area (Å²) < 4.78 is 1.62. The Bertz CT molecular complexity index is 270. The Morgan fingerprint density at radius 1 is 1.75 bits per heavy atom. The summed E-state index contributed by atoms with van der Waals surface area (Å²) in [5, 5.41) is 3.99. The van der Waals surface area contributed by atoms with Crippen molar-refractivity contribution in [3.05, 3.63) is 18.0 Å². The first-order valence-electron chi connectivity index (χ1n) is 3.83. The number of ketones is 1. The summed E-state index contributed by atoms with van der Waals surface area (Å²) in [6.45, 7) is 0. The molecule has 0 fully saturated rings. The van der Waals surface area contributed by atoms with Gasteiger partial charge in [0.05, 0.1) is 0 Å². The van der Waals surface area contributed by atoms with E-state index in [9.17, 15) is 4.79 Å². The molecule has 0 bridgehead atoms. The quantitative estimate of drug-likeness (QED) is 0.529. The zero-order valence-corrected chi connectivity index (χ0v) is 7.71. The number of hydrogen-bond donors (Lipinski definition) is 0. The van der Waals surface area contributed by atoms with Crippen molar-refractivity contribution in [3.63, 3.8) is 0 Å². The molecule has 0 N–H and O–H groups in total. The highest BCUT2D eigenvalue weighted by atomic mass is 35.5. The summed E-state index contributed by atoms with van der Waals surface area (Å²) in [6, 6.07) is 1.72. The zero-order valence-electron chi connectivity index (χ0n) is 6.96. The van der Waals surface area contributed by atoms with E-state index in [2.05, 4.69) is 5.10 Å². The van der Waals surface area contributed by atoms with Gasteiger partial charge in [-0.1, -0.05) is 0 Å². The van der Waals surface area contributed by atoms with E-state index in [1.165, 1.54) is 0 Å². The van der Waals surface area contributed by atoms with E-state index in [4.69, 9.17) is 11.6 Å². The summed E-state index contributed by atoms with van der Waals surface area (Å²) >= 11 is 5.46. The molecule has 0 aromatic carbocycles. The van der Waals surface area contributed by atoms with Gasteiger partial charge in [0, 0.05) is 25.5 Å². The molecule has 1 aromatic heterocycles. The zero-order chi connectivity index (χ0) is 8.97. The molecule has 0 aliphatic rings. The van der Waals surface area contributed by atoms with Gasteiger partial charge in [0.2, 0.25) is 0 Å². The van der Waals surface area contributed by atoms with Crippen LogP contribution < -0.4 is 0 Å². The Balaban J connectivity index is 2.53. The van der Waals surface area contributed by atoms with E-state index in [1.54, 1.807) is 24.0 Å². The number of carbonyl (C=O) groups is 1. The minimum absolute atomic E-state index is 0.0660. The summed E-state index contributed by atoms with van der Waals surface area (Å²) in [5.74, 6) is 0.592. The van der Waals surface area contributed by atoms with E-state index in [-0.39, 0.29) is 5.78 Å². The maximum Gasteiger partial charge on any atom is 0.183 e. The van der Waals surface area contributed by atoms with E-state index in [0.717, 1.165) is 6.42 Å². The summed E-state index contributed by atoms with van der Waals surface area (Å²) in [4.78, 5) is 11.3. The maximum absolute atomic E-state index is 11.3. The predicted molar refractivity (Wildman–Crippen MR) is 47.5 cm³/mol. The van der Waals surface area contributed by atoms with E-state index in [1.807, 2.05) is 0 Å². The molecule has 0 atom stereocenters. The standard InChI is InChI=1S/C8H11ClN2O/c1-11-6-4-7(10-11)8(12)3-2-5-9/h4,6H,2-3,5H2,1H3. The molecule has 0 radical (unpaired) electrons. The topological polar surface area (TPSA) is 34.9 Å². The average molecular weight is 187 g/mol. The van der Waals surface area contributed by atoms with Crippen LogP contribution in [-0.4, -0.2) is 21.4 Å². The van der Waals surface area contributed by atoms with Gasteiger partial charge in [-0.2, -0.15) is 5.10 Å². The number of halogens is 1. The van der Waals surface area contributed by atoms with E-state index >= 15 is 0 Å². The fraction of sp³-hybridized carbons (Fsp3) is 0.500. The number of nitrogens with zero attached hydrogens (tertiary/aromatic N) is 2. The first-order chi connectivity index (χ1) is 5.74. The summed E-state index contributed by atoms with van der Waals surface area (Å²) in [7, 11) is 1.79. The van der Waals surface area contributed by atoms with Gasteiger partial charge in [-0.05, 0) is 12.5 Å². The van der Waals surface area contributed by atoms with Crippen LogP contribution in [0.3, 0.4) is 0 Å². The van der Waals surface area contributed by atoms with Crippen LogP contribution in [0.25, 0.3) is 0 Å². The van der Waals surface area contributed by atoms with Crippen molar-refractivity contribution in [2.45, 2.75) is 12.8 Å². The minimum Gasteiger partial charge on any atom is -0.292 e. The summed E-state index contributed by atoms with van der Waals surface area (Å²) in [5.41, 5.74) is 0.530. The minimum atomic E-state index is 0.0660. The van der Waals surface area contributed by atoms with Crippen molar-refractivity contribution in [3.8, 4) is 0 Å². The third-order valence-corrected chi connectivity index (χ3v) is 1.80. The van der Waals surface area contributed by atoms with Crippen molar-refractivity contribution >= 4 is 17.4 Å². The molecule has 0 aliphatic carbocycles. The number of hydrogen-bond acceptors (Lipinski definition) is 2. The van der Waals surface area contributed by atoms with Gasteiger partial charge in [0.1, 0.15) is 5.69 Å². The average Bonchev–Trinajstić information content (AvgIpc) is 2.47. The number of Topliss-reactive ketones (excluding diaryl/α,β-unsaturated/α-hetero) is 1. The van der Waals surface area contributed by atoms with Crippen molar-refractivity contribution in [1.29, 1.82) is 0 Å². The lowest BCUT2D eigenvalue weighted by atomic mass is 10.2. The molecule has 0 unspecified atom stereocenters. The van der Waals surface area contributed by atoms with E-state index in [0.29, 0.717) is 18.0 Å². The molecule has 0 amide bonds. The highest BCUT2D eigenvalue weighted by molar-refractivity contribution is 6.18. The fourth-order valence-corrected chi connectivity index (χ4v) is 1.05. The van der Waals surface area contributed by atoms with Gasteiger partial charge in [0.15, 0.2) is 5.78 Å². The Kier molecular flexibility index (Phi) is 3.29. The van der Waals surface area contributed by atoms with Crippen LogP contribution in [0.2, 0.25) is 0 Å². The maximum atomic E-state index is 11.3. The van der Waals surface area contributed by atoms with Gasteiger partial charge in [-0.25, -0.2) is 0 Å². The lowest BCUT2D eigenvalue weighted by Crippen LogP contribution is -2.01. The highest BCUT2D eigenvalue weighted by Gasteiger charge is 2.07. The second-order valence-electron chi connectivity index (χ2n) is 2.59. The van der Waals surface area contributed by atoms with Gasteiger partial charge < -0.3 is 0 Å². The fourth-order valence-electron chi connectivity index (χ4n) is 0.919. The number of aryl methyl sites for hydroxylation is 1. The van der Waals surface area contributed by atoms with Crippen molar-refractivity contribution in [2.24, 2.45) is 7.05 Å². The second-order valence-corrected chi connectivity index (χ2v) is 2.97. The van der Waals surface area contributed by atoms with Crippen LogP contribution in [-0.2, 0) is 7.05 Å². The number of carbonyl (C=O) groups excluding carboxylic acids is 1. The predicted octanol–water partition coefficient (Wildman–Crippen LogP) is 1.62. The van der Waals surface area contributed by atoms with Crippen molar-refractivity contribution in [1.82, 2.24) is 9.78 Å². The highest BCUT2D eigenvalue weighted by Crippen LogP contribution is 2.02. The lowest BCUT2D eigenvalue weighted by molar-refractivity contribution is 0.0976. The normalized spacial score (nSPS) is 10.2. The monoisotopic (exact) mass is 186 g/mol. The number of rotatable bonds is 4.